The number of carbonyl (C=O) groups is 1. The van der Waals surface area contributed by atoms with Crippen molar-refractivity contribution in [2.24, 2.45) is 0 Å². The lowest BCUT2D eigenvalue weighted by atomic mass is 10.1. The van der Waals surface area contributed by atoms with Crippen LogP contribution in [-0.4, -0.2) is 38.8 Å². The first kappa shape index (κ1) is 16.8. The number of rotatable bonds is 4. The molecule has 112 valence electrons. The lowest BCUT2D eigenvalue weighted by Crippen LogP contribution is -2.51. The van der Waals surface area contributed by atoms with Crippen LogP contribution in [0.5, 0.6) is 5.75 Å². The van der Waals surface area contributed by atoms with Gasteiger partial charge in [0.15, 0.2) is 0 Å². The van der Waals surface area contributed by atoms with E-state index >= 15 is 0 Å². The van der Waals surface area contributed by atoms with Crippen LogP contribution in [0.2, 0.25) is 0 Å². The molecule has 0 radical (unpaired) electrons. The Bertz CT molecular complexity index is 436. The number of amides is 1. The van der Waals surface area contributed by atoms with Gasteiger partial charge in [-0.1, -0.05) is 18.2 Å². The predicted molar refractivity (Wildman–Crippen MR) is 79.4 cm³/mol. The number of hydrogen-bond donors (Lipinski definition) is 2. The molecule has 1 aliphatic rings. The van der Waals surface area contributed by atoms with Crippen LogP contribution in [0.1, 0.15) is 18.5 Å². The van der Waals surface area contributed by atoms with Gasteiger partial charge < -0.3 is 20.1 Å². The van der Waals surface area contributed by atoms with Crippen molar-refractivity contribution in [3.8, 4) is 5.75 Å². The van der Waals surface area contributed by atoms with Crippen LogP contribution in [0.25, 0.3) is 0 Å². The molecule has 1 aromatic rings. The minimum atomic E-state index is -0.272. The SMILES string of the molecule is COc1ccccc1C(C)NC(=O)C1COCCN1.Cl. The van der Waals surface area contributed by atoms with Crippen LogP contribution in [0.3, 0.4) is 0 Å². The molecular weight excluding hydrogens is 280 g/mol. The lowest BCUT2D eigenvalue weighted by molar-refractivity contribution is -0.126. The van der Waals surface area contributed by atoms with E-state index in [9.17, 15) is 4.79 Å². The molecule has 2 atom stereocenters. The second-order valence-electron chi connectivity index (χ2n) is 4.55. The van der Waals surface area contributed by atoms with Crippen molar-refractivity contribution in [1.29, 1.82) is 0 Å². The molecule has 6 heteroatoms. The minimum Gasteiger partial charge on any atom is -0.496 e. The number of carbonyl (C=O) groups excluding carboxylic acids is 1. The van der Waals surface area contributed by atoms with Crippen molar-refractivity contribution >= 4 is 18.3 Å². The molecule has 1 aromatic carbocycles. The third kappa shape index (κ3) is 4.10. The molecule has 20 heavy (non-hydrogen) atoms. The number of nitrogens with one attached hydrogen (secondary N) is 2. The molecule has 1 amide bonds. The standard InChI is InChI=1S/C14H20N2O3.ClH/c1-10(11-5-3-4-6-13(11)18-2)16-14(17)12-9-19-8-7-15-12;/h3-6,10,12,15H,7-9H2,1-2H3,(H,16,17);1H. The molecule has 1 fully saturated rings. The highest BCUT2D eigenvalue weighted by atomic mass is 35.5. The predicted octanol–water partition coefficient (Wildman–Crippen LogP) is 1.28. The average Bonchev–Trinajstić information content (AvgIpc) is 2.48. The topological polar surface area (TPSA) is 59.6 Å². The van der Waals surface area contributed by atoms with Crippen molar-refractivity contribution < 1.29 is 14.3 Å². The Morgan fingerprint density at radius 3 is 2.90 bits per heavy atom. The van der Waals surface area contributed by atoms with Crippen molar-refractivity contribution in [3.63, 3.8) is 0 Å². The molecule has 1 aliphatic heterocycles. The monoisotopic (exact) mass is 300 g/mol. The smallest absolute Gasteiger partial charge is 0.240 e. The summed E-state index contributed by atoms with van der Waals surface area (Å²) in [6.07, 6.45) is 0. The number of morpholine rings is 1. The van der Waals surface area contributed by atoms with E-state index in [-0.39, 0.29) is 30.4 Å². The van der Waals surface area contributed by atoms with E-state index in [4.69, 9.17) is 9.47 Å². The minimum absolute atomic E-state index is 0. The number of methoxy groups -OCH3 is 1. The van der Waals surface area contributed by atoms with Gasteiger partial charge in [-0.15, -0.1) is 12.4 Å². The summed E-state index contributed by atoms with van der Waals surface area (Å²) in [6, 6.07) is 7.31. The van der Waals surface area contributed by atoms with Gasteiger partial charge in [0, 0.05) is 12.1 Å². The highest BCUT2D eigenvalue weighted by Crippen LogP contribution is 2.24. The van der Waals surface area contributed by atoms with Crippen LogP contribution in [-0.2, 0) is 9.53 Å². The zero-order valence-corrected chi connectivity index (χ0v) is 12.5. The molecule has 0 aliphatic carbocycles. The number of para-hydroxylation sites is 1. The molecule has 2 unspecified atom stereocenters. The molecular formula is C14H21ClN2O3. The quantitative estimate of drug-likeness (QED) is 0.879. The van der Waals surface area contributed by atoms with E-state index < -0.39 is 0 Å². The largest absolute Gasteiger partial charge is 0.496 e. The second kappa shape index (κ2) is 8.09. The summed E-state index contributed by atoms with van der Waals surface area (Å²) in [7, 11) is 1.63. The van der Waals surface area contributed by atoms with Gasteiger partial charge in [0.2, 0.25) is 5.91 Å². The third-order valence-electron chi connectivity index (χ3n) is 3.20. The Kier molecular flexibility index (Phi) is 6.78. The van der Waals surface area contributed by atoms with E-state index in [2.05, 4.69) is 10.6 Å². The Hall–Kier alpha value is -1.30. The van der Waals surface area contributed by atoms with Crippen molar-refractivity contribution in [3.05, 3.63) is 29.8 Å². The maximum Gasteiger partial charge on any atom is 0.240 e. The van der Waals surface area contributed by atoms with E-state index in [1.165, 1.54) is 0 Å². The summed E-state index contributed by atoms with van der Waals surface area (Å²) >= 11 is 0. The maximum atomic E-state index is 12.1. The van der Waals surface area contributed by atoms with Gasteiger partial charge in [0.05, 0.1) is 26.4 Å². The van der Waals surface area contributed by atoms with E-state index in [0.29, 0.717) is 19.8 Å². The highest BCUT2D eigenvalue weighted by molar-refractivity contribution is 5.85. The van der Waals surface area contributed by atoms with Gasteiger partial charge in [-0.05, 0) is 13.0 Å². The summed E-state index contributed by atoms with van der Waals surface area (Å²) in [6.45, 7) is 3.73. The molecule has 0 bridgehead atoms. The zero-order chi connectivity index (χ0) is 13.7. The molecule has 5 nitrogen and oxygen atoms in total. The van der Waals surface area contributed by atoms with Gasteiger partial charge in [0.1, 0.15) is 11.8 Å². The maximum absolute atomic E-state index is 12.1. The van der Waals surface area contributed by atoms with Crippen LogP contribution in [0, 0.1) is 0 Å². The summed E-state index contributed by atoms with van der Waals surface area (Å²) in [5, 5.41) is 6.12. The van der Waals surface area contributed by atoms with Crippen LogP contribution in [0.4, 0.5) is 0 Å². The highest BCUT2D eigenvalue weighted by Gasteiger charge is 2.23. The second-order valence-corrected chi connectivity index (χ2v) is 4.55. The van der Waals surface area contributed by atoms with Gasteiger partial charge in [-0.2, -0.15) is 0 Å². The molecule has 0 aromatic heterocycles. The Morgan fingerprint density at radius 1 is 1.50 bits per heavy atom. The van der Waals surface area contributed by atoms with Crippen LogP contribution >= 0.6 is 12.4 Å². The van der Waals surface area contributed by atoms with E-state index in [0.717, 1.165) is 11.3 Å². The number of halogens is 1. The number of ether oxygens (including phenoxy) is 2. The molecule has 1 saturated heterocycles. The van der Waals surface area contributed by atoms with E-state index in [1.807, 2.05) is 31.2 Å². The third-order valence-corrected chi connectivity index (χ3v) is 3.20. The average molecular weight is 301 g/mol. The van der Waals surface area contributed by atoms with Crippen LogP contribution < -0.4 is 15.4 Å². The normalized spacial score (nSPS) is 19.6. The van der Waals surface area contributed by atoms with Crippen molar-refractivity contribution in [2.45, 2.75) is 19.0 Å². The summed E-state index contributed by atoms with van der Waals surface area (Å²) in [4.78, 5) is 12.1. The fraction of sp³-hybridized carbons (Fsp3) is 0.500. The number of benzene rings is 1. The summed E-state index contributed by atoms with van der Waals surface area (Å²) in [5.74, 6) is 0.737. The fourth-order valence-electron chi connectivity index (χ4n) is 2.15. The molecule has 0 saturated carbocycles. The Labute approximate surface area is 125 Å². The molecule has 2 N–H and O–H groups in total. The summed E-state index contributed by atoms with van der Waals surface area (Å²) < 4.78 is 10.6. The van der Waals surface area contributed by atoms with E-state index in [1.54, 1.807) is 7.11 Å². The number of hydrogen-bond acceptors (Lipinski definition) is 4. The van der Waals surface area contributed by atoms with Gasteiger partial charge in [-0.3, -0.25) is 4.79 Å². The fourth-order valence-corrected chi connectivity index (χ4v) is 2.15. The Morgan fingerprint density at radius 2 is 2.25 bits per heavy atom. The zero-order valence-electron chi connectivity index (χ0n) is 11.7. The lowest BCUT2D eigenvalue weighted by Gasteiger charge is -2.25. The molecule has 0 spiro atoms. The summed E-state index contributed by atoms with van der Waals surface area (Å²) in [5.41, 5.74) is 0.968. The first-order valence-corrected chi connectivity index (χ1v) is 6.47. The Balaban J connectivity index is 0.00000200. The molecule has 2 rings (SSSR count). The van der Waals surface area contributed by atoms with Crippen molar-refractivity contribution in [2.75, 3.05) is 26.9 Å². The van der Waals surface area contributed by atoms with Gasteiger partial charge in [0.25, 0.3) is 0 Å². The molecule has 1 heterocycles. The van der Waals surface area contributed by atoms with Gasteiger partial charge >= 0.3 is 0 Å². The van der Waals surface area contributed by atoms with Crippen LogP contribution in [0.15, 0.2) is 24.3 Å². The van der Waals surface area contributed by atoms with Gasteiger partial charge in [-0.25, -0.2) is 0 Å². The van der Waals surface area contributed by atoms with Crippen molar-refractivity contribution in [1.82, 2.24) is 10.6 Å². The first-order chi connectivity index (χ1) is 9.22. The first-order valence-electron chi connectivity index (χ1n) is 6.47.